The van der Waals surface area contributed by atoms with Crippen molar-refractivity contribution < 1.29 is 9.90 Å². The molecule has 13 heavy (non-hydrogen) atoms. The lowest BCUT2D eigenvalue weighted by atomic mass is 10.1. The smallest absolute Gasteiger partial charge is 0.339 e. The van der Waals surface area contributed by atoms with E-state index < -0.39 is 5.97 Å². The summed E-state index contributed by atoms with van der Waals surface area (Å²) < 4.78 is 0. The molecule has 0 aliphatic rings. The fourth-order valence-corrected chi connectivity index (χ4v) is 1.18. The molecule has 0 amide bonds. The average molecular weight is 181 g/mol. The molecule has 0 aliphatic heterocycles. The molecule has 0 unspecified atom stereocenters. The molecule has 2 N–H and O–H groups in total. The van der Waals surface area contributed by atoms with Crippen LogP contribution in [-0.2, 0) is 0 Å². The topological polar surface area (TPSA) is 85.3 Å². The highest BCUT2D eigenvalue weighted by Gasteiger charge is 2.13. The minimum atomic E-state index is -1.15. The summed E-state index contributed by atoms with van der Waals surface area (Å²) in [5, 5.41) is 19.1. The maximum Gasteiger partial charge on any atom is 0.339 e. The Labute approximate surface area is 75.0 Å². The first-order chi connectivity index (χ1) is 6.06. The fraction of sp³-hybridized carbons (Fsp3) is 0.250. The van der Waals surface area contributed by atoms with E-state index in [2.05, 4.69) is 4.98 Å². The van der Waals surface area contributed by atoms with Crippen LogP contribution in [0.5, 0.6) is 0 Å². The molecule has 0 saturated carbocycles. The first-order valence-electron chi connectivity index (χ1n) is 3.66. The van der Waals surface area contributed by atoms with E-state index in [-0.39, 0.29) is 11.4 Å². The minimum Gasteiger partial charge on any atom is -0.760 e. The Morgan fingerprint density at radius 1 is 1.62 bits per heavy atom. The monoisotopic (exact) mass is 181 g/mol. The van der Waals surface area contributed by atoms with Crippen LogP contribution in [0.4, 0.5) is 5.82 Å². The summed E-state index contributed by atoms with van der Waals surface area (Å²) in [5.74, 6) is -1.28. The Hall–Kier alpha value is -1.62. The van der Waals surface area contributed by atoms with Crippen molar-refractivity contribution in [2.45, 2.75) is 13.8 Å². The van der Waals surface area contributed by atoms with Crippen LogP contribution in [0, 0.1) is 19.1 Å². The molecule has 1 heterocycles. The number of aromatic carboxylic acids is 1. The lowest BCUT2D eigenvalue weighted by Gasteiger charge is -2.13. The summed E-state index contributed by atoms with van der Waals surface area (Å²) in [6.45, 7) is 3.32. The van der Waals surface area contributed by atoms with Crippen LogP contribution < -0.4 is 5.48 Å². The normalized spacial score (nSPS) is 9.77. The number of aryl methyl sites for hydroxylation is 2. The molecule has 0 atom stereocenters. The SMILES string of the molecule is Cc1cc(C)c(C(=O)O)c(N[O-])n1. The van der Waals surface area contributed by atoms with Crippen LogP contribution in [0.1, 0.15) is 21.6 Å². The molecule has 0 saturated heterocycles. The summed E-state index contributed by atoms with van der Waals surface area (Å²) >= 11 is 0. The average Bonchev–Trinajstić information content (AvgIpc) is 2.01. The number of anilines is 1. The van der Waals surface area contributed by atoms with E-state index in [1.165, 1.54) is 5.48 Å². The highest BCUT2D eigenvalue weighted by Crippen LogP contribution is 2.17. The molecule has 0 radical (unpaired) electrons. The molecule has 0 fully saturated rings. The van der Waals surface area contributed by atoms with Gasteiger partial charge in [-0.1, -0.05) is 0 Å². The van der Waals surface area contributed by atoms with E-state index in [4.69, 9.17) is 5.11 Å². The van der Waals surface area contributed by atoms with Gasteiger partial charge in [0.1, 0.15) is 11.4 Å². The van der Waals surface area contributed by atoms with E-state index >= 15 is 0 Å². The minimum absolute atomic E-state index is 0.0689. The number of hydrogen-bond acceptors (Lipinski definition) is 4. The second-order valence-corrected chi connectivity index (χ2v) is 2.71. The van der Waals surface area contributed by atoms with Crippen molar-refractivity contribution >= 4 is 11.8 Å². The van der Waals surface area contributed by atoms with Crippen LogP contribution >= 0.6 is 0 Å². The summed E-state index contributed by atoms with van der Waals surface area (Å²) in [6.07, 6.45) is 0. The van der Waals surface area contributed by atoms with E-state index in [0.717, 1.165) is 0 Å². The Bertz CT molecular complexity index is 349. The van der Waals surface area contributed by atoms with Gasteiger partial charge in [0.15, 0.2) is 0 Å². The zero-order valence-corrected chi connectivity index (χ0v) is 7.29. The molecule has 0 aliphatic carbocycles. The van der Waals surface area contributed by atoms with Gasteiger partial charge in [0, 0.05) is 5.69 Å². The van der Waals surface area contributed by atoms with Gasteiger partial charge in [0.05, 0.1) is 0 Å². The van der Waals surface area contributed by atoms with Crippen LogP contribution in [0.2, 0.25) is 0 Å². The molecule has 5 nitrogen and oxygen atoms in total. The second-order valence-electron chi connectivity index (χ2n) is 2.71. The molecule has 70 valence electrons. The van der Waals surface area contributed by atoms with Crippen molar-refractivity contribution in [2.75, 3.05) is 5.48 Å². The number of nitrogens with zero attached hydrogens (tertiary/aromatic N) is 1. The summed E-state index contributed by atoms with van der Waals surface area (Å²) in [5.41, 5.74) is 2.59. The molecular formula is C8H9N2O3-. The number of aromatic nitrogens is 1. The quantitative estimate of drug-likeness (QED) is 0.672. The summed E-state index contributed by atoms with van der Waals surface area (Å²) in [7, 11) is 0. The predicted octanol–water partition coefficient (Wildman–Crippen LogP) is 1.31. The number of nitrogens with one attached hydrogen (secondary N) is 1. The van der Waals surface area contributed by atoms with Gasteiger partial charge in [-0.25, -0.2) is 9.78 Å². The fourth-order valence-electron chi connectivity index (χ4n) is 1.18. The van der Waals surface area contributed by atoms with E-state index in [1.54, 1.807) is 19.9 Å². The maximum atomic E-state index is 10.7. The van der Waals surface area contributed by atoms with Gasteiger partial charge >= 0.3 is 5.97 Å². The van der Waals surface area contributed by atoms with E-state index in [9.17, 15) is 10.0 Å². The summed E-state index contributed by atoms with van der Waals surface area (Å²) in [6, 6.07) is 1.62. The molecule has 0 spiro atoms. The van der Waals surface area contributed by atoms with Crippen molar-refractivity contribution in [3.63, 3.8) is 0 Å². The van der Waals surface area contributed by atoms with Crippen LogP contribution in [-0.4, -0.2) is 16.1 Å². The van der Waals surface area contributed by atoms with Gasteiger partial charge in [-0.05, 0) is 25.5 Å². The second kappa shape index (κ2) is 3.40. The van der Waals surface area contributed by atoms with Crippen LogP contribution in [0.3, 0.4) is 0 Å². The first kappa shape index (κ1) is 9.47. The number of hydrogen-bond donors (Lipinski definition) is 2. The zero-order chi connectivity index (χ0) is 10.0. The molecule has 1 aromatic rings. The number of rotatable bonds is 2. The molecule has 1 aromatic heterocycles. The molecule has 0 aromatic carbocycles. The predicted molar refractivity (Wildman–Crippen MR) is 47.7 cm³/mol. The van der Waals surface area contributed by atoms with E-state index in [1.807, 2.05) is 0 Å². The Morgan fingerprint density at radius 3 is 2.69 bits per heavy atom. The number of carboxylic acids is 1. The Morgan fingerprint density at radius 2 is 2.23 bits per heavy atom. The third kappa shape index (κ3) is 1.75. The van der Waals surface area contributed by atoms with Gasteiger partial charge in [0.25, 0.3) is 0 Å². The van der Waals surface area contributed by atoms with Gasteiger partial charge in [0.2, 0.25) is 0 Å². The van der Waals surface area contributed by atoms with Gasteiger partial charge in [-0.3, -0.25) is 0 Å². The zero-order valence-electron chi connectivity index (χ0n) is 7.29. The lowest BCUT2D eigenvalue weighted by Crippen LogP contribution is -2.07. The van der Waals surface area contributed by atoms with Gasteiger partial charge < -0.3 is 15.8 Å². The Kier molecular flexibility index (Phi) is 2.48. The third-order valence-corrected chi connectivity index (χ3v) is 1.66. The Balaban J connectivity index is 3.38. The molecular weight excluding hydrogens is 172 g/mol. The number of carbonyl (C=O) groups is 1. The highest BCUT2D eigenvalue weighted by atomic mass is 16.5. The lowest BCUT2D eigenvalue weighted by molar-refractivity contribution is 0.0697. The largest absolute Gasteiger partial charge is 0.760 e. The highest BCUT2D eigenvalue weighted by molar-refractivity contribution is 5.94. The molecule has 0 bridgehead atoms. The summed E-state index contributed by atoms with van der Waals surface area (Å²) in [4.78, 5) is 14.5. The standard InChI is InChI=1S/C8H9N2O3/c1-4-3-5(2)9-7(10-13)6(4)8(11)12/h3H,1-2H3,(H2-,9,10,11,12,13)/q-1. The number of pyridine rings is 1. The van der Waals surface area contributed by atoms with E-state index in [0.29, 0.717) is 11.3 Å². The third-order valence-electron chi connectivity index (χ3n) is 1.66. The van der Waals surface area contributed by atoms with Gasteiger partial charge in [-0.15, -0.1) is 0 Å². The van der Waals surface area contributed by atoms with Crippen molar-refractivity contribution in [3.05, 3.63) is 28.1 Å². The van der Waals surface area contributed by atoms with Crippen LogP contribution in [0.25, 0.3) is 0 Å². The van der Waals surface area contributed by atoms with Crippen LogP contribution in [0.15, 0.2) is 6.07 Å². The van der Waals surface area contributed by atoms with Crippen molar-refractivity contribution in [1.82, 2.24) is 4.98 Å². The van der Waals surface area contributed by atoms with Crippen molar-refractivity contribution in [3.8, 4) is 0 Å². The number of carboxylic acid groups (broad SMARTS) is 1. The van der Waals surface area contributed by atoms with Crippen molar-refractivity contribution in [2.24, 2.45) is 0 Å². The van der Waals surface area contributed by atoms with Crippen molar-refractivity contribution in [1.29, 1.82) is 0 Å². The molecule has 1 rings (SSSR count). The first-order valence-corrected chi connectivity index (χ1v) is 3.66. The van der Waals surface area contributed by atoms with Gasteiger partial charge in [-0.2, -0.15) is 0 Å². The maximum absolute atomic E-state index is 10.7. The molecule has 5 heteroatoms.